The lowest BCUT2D eigenvalue weighted by Crippen LogP contribution is -1.99. The summed E-state index contributed by atoms with van der Waals surface area (Å²) >= 11 is 0. The first kappa shape index (κ1) is 17.6. The topological polar surface area (TPSA) is 37.6 Å². The zero-order valence-corrected chi connectivity index (χ0v) is 14.9. The molecule has 3 nitrogen and oxygen atoms in total. The van der Waals surface area contributed by atoms with Crippen LogP contribution in [0.5, 0.6) is 0 Å². The summed E-state index contributed by atoms with van der Waals surface area (Å²) in [6.07, 6.45) is 24.3. The van der Waals surface area contributed by atoms with Crippen LogP contribution in [-0.2, 0) is 14.2 Å². The summed E-state index contributed by atoms with van der Waals surface area (Å²) in [6, 6.07) is 0. The summed E-state index contributed by atoms with van der Waals surface area (Å²) in [5.74, 6) is 3.20. The predicted molar refractivity (Wildman–Crippen MR) is 96.1 cm³/mol. The number of epoxide rings is 1. The standard InChI is InChI=1S/C21H32O3/c1(3-7-11-19-15-22-19)2-5-9-18(13-14-21-17-24-21)10-6-4-8-12-20-16-23-20/h2,5,16-19H,1,3-4,6-15H2. The number of ether oxygens (including phenoxy) is 3. The third-order valence-corrected chi connectivity index (χ3v) is 5.09. The van der Waals surface area contributed by atoms with Crippen molar-refractivity contribution in [3.8, 4) is 0 Å². The van der Waals surface area contributed by atoms with Crippen LogP contribution in [-0.4, -0.2) is 12.7 Å². The first-order valence-corrected chi connectivity index (χ1v) is 9.88. The van der Waals surface area contributed by atoms with Gasteiger partial charge < -0.3 is 14.2 Å². The molecule has 134 valence electrons. The fourth-order valence-electron chi connectivity index (χ4n) is 3.23. The van der Waals surface area contributed by atoms with E-state index in [2.05, 4.69) is 12.2 Å². The van der Waals surface area contributed by atoms with Crippen LogP contribution >= 0.6 is 0 Å². The Hall–Kier alpha value is -1.22. The van der Waals surface area contributed by atoms with Crippen molar-refractivity contribution in [2.24, 2.45) is 5.92 Å². The van der Waals surface area contributed by atoms with Crippen LogP contribution in [0.1, 0.15) is 77.0 Å². The Morgan fingerprint density at radius 2 is 1.71 bits per heavy atom. The van der Waals surface area contributed by atoms with Gasteiger partial charge in [0.1, 0.15) is 24.0 Å². The first-order chi connectivity index (χ1) is 11.9. The van der Waals surface area contributed by atoms with Gasteiger partial charge >= 0.3 is 0 Å². The number of unbranched alkanes of at least 4 members (excludes halogenated alkanes) is 4. The summed E-state index contributed by atoms with van der Waals surface area (Å²) in [6.45, 7) is 1.00. The molecule has 0 aromatic heterocycles. The molecule has 0 bridgehead atoms. The molecule has 3 rings (SSSR count). The molecular weight excluding hydrogens is 300 g/mol. The van der Waals surface area contributed by atoms with Crippen molar-refractivity contribution >= 4 is 0 Å². The van der Waals surface area contributed by atoms with E-state index in [-0.39, 0.29) is 0 Å². The van der Waals surface area contributed by atoms with E-state index in [1.165, 1.54) is 75.7 Å². The van der Waals surface area contributed by atoms with Gasteiger partial charge in [0, 0.05) is 12.8 Å². The highest BCUT2D eigenvalue weighted by atomic mass is 16.6. The van der Waals surface area contributed by atoms with Gasteiger partial charge in [-0.05, 0) is 44.4 Å². The summed E-state index contributed by atoms with van der Waals surface area (Å²) in [5.41, 5.74) is 0. The summed E-state index contributed by atoms with van der Waals surface area (Å²) in [4.78, 5) is 0. The molecule has 0 aromatic carbocycles. The van der Waals surface area contributed by atoms with Crippen molar-refractivity contribution in [2.45, 2.75) is 83.2 Å². The van der Waals surface area contributed by atoms with Crippen molar-refractivity contribution in [1.29, 1.82) is 0 Å². The van der Waals surface area contributed by atoms with Crippen molar-refractivity contribution in [3.63, 3.8) is 0 Å². The highest BCUT2D eigenvalue weighted by Gasteiger charge is 2.20. The maximum absolute atomic E-state index is 5.25. The third-order valence-electron chi connectivity index (χ3n) is 5.09. The maximum Gasteiger partial charge on any atom is 0.138 e. The molecule has 0 amide bonds. The summed E-state index contributed by atoms with van der Waals surface area (Å²) in [7, 11) is 0. The van der Waals surface area contributed by atoms with Crippen LogP contribution in [0.2, 0.25) is 0 Å². The molecule has 3 aliphatic rings. The molecular formula is C21H32O3. The van der Waals surface area contributed by atoms with Gasteiger partial charge in [0.05, 0.1) is 12.7 Å². The lowest BCUT2D eigenvalue weighted by Gasteiger charge is -2.13. The average molecular weight is 332 g/mol. The first-order valence-electron chi connectivity index (χ1n) is 9.88. The molecule has 0 saturated carbocycles. The van der Waals surface area contributed by atoms with Gasteiger partial charge in [0.15, 0.2) is 0 Å². The fourth-order valence-corrected chi connectivity index (χ4v) is 3.23. The van der Waals surface area contributed by atoms with Crippen LogP contribution in [0.25, 0.3) is 0 Å². The van der Waals surface area contributed by atoms with Gasteiger partial charge in [-0.25, -0.2) is 0 Å². The lowest BCUT2D eigenvalue weighted by atomic mass is 9.92. The second kappa shape index (κ2) is 9.93. The molecule has 0 radical (unpaired) electrons. The molecule has 2 unspecified atom stereocenters. The van der Waals surface area contributed by atoms with Crippen LogP contribution in [0, 0.1) is 5.92 Å². The predicted octanol–water partition coefficient (Wildman–Crippen LogP) is 5.98. The number of hydrogen-bond donors (Lipinski definition) is 0. The monoisotopic (exact) mass is 332 g/mol. The molecule has 3 heteroatoms. The van der Waals surface area contributed by atoms with Gasteiger partial charge in [-0.3, -0.25) is 0 Å². The Morgan fingerprint density at radius 3 is 2.46 bits per heavy atom. The van der Waals surface area contributed by atoms with Gasteiger partial charge in [0.25, 0.3) is 0 Å². The summed E-state index contributed by atoms with van der Waals surface area (Å²) < 4.78 is 15.5. The molecule has 1 fully saturated rings. The molecule has 3 heterocycles. The Kier molecular flexibility index (Phi) is 7.28. The molecule has 2 atom stereocenters. The van der Waals surface area contributed by atoms with E-state index in [0.717, 1.165) is 25.4 Å². The van der Waals surface area contributed by atoms with Crippen molar-refractivity contribution < 1.29 is 14.2 Å². The number of hydrogen-bond acceptors (Lipinski definition) is 3. The molecule has 0 aromatic rings. The lowest BCUT2D eigenvalue weighted by molar-refractivity contribution is 0.389. The van der Waals surface area contributed by atoms with E-state index in [0.29, 0.717) is 6.10 Å². The van der Waals surface area contributed by atoms with Crippen LogP contribution in [0.3, 0.4) is 0 Å². The second-order valence-corrected chi connectivity index (χ2v) is 7.35. The molecule has 24 heavy (non-hydrogen) atoms. The van der Waals surface area contributed by atoms with Gasteiger partial charge in [0.2, 0.25) is 0 Å². The molecule has 3 aliphatic heterocycles. The Balaban J connectivity index is 1.22. The minimum Gasteiger partial charge on any atom is -0.463 e. The van der Waals surface area contributed by atoms with E-state index < -0.39 is 0 Å². The van der Waals surface area contributed by atoms with E-state index in [9.17, 15) is 0 Å². The van der Waals surface area contributed by atoms with Crippen LogP contribution < -0.4 is 0 Å². The third kappa shape index (κ3) is 8.58. The van der Waals surface area contributed by atoms with Gasteiger partial charge in [-0.15, -0.1) is 0 Å². The number of rotatable bonds is 16. The van der Waals surface area contributed by atoms with E-state index in [4.69, 9.17) is 14.2 Å². The molecule has 1 saturated heterocycles. The minimum absolute atomic E-state index is 0.597. The van der Waals surface area contributed by atoms with Crippen molar-refractivity contribution in [3.05, 3.63) is 36.2 Å². The Labute approximate surface area is 146 Å². The summed E-state index contributed by atoms with van der Waals surface area (Å²) in [5, 5.41) is 0. The SMILES string of the molecule is C(=CCC(CCCCCC1=CO1)CCC1=CO1)CCCCC1CO1. The van der Waals surface area contributed by atoms with E-state index >= 15 is 0 Å². The van der Waals surface area contributed by atoms with Crippen LogP contribution in [0.15, 0.2) is 36.2 Å². The van der Waals surface area contributed by atoms with Crippen molar-refractivity contribution in [1.82, 2.24) is 0 Å². The number of allylic oxidation sites excluding steroid dienone is 4. The second-order valence-electron chi connectivity index (χ2n) is 7.35. The smallest absolute Gasteiger partial charge is 0.138 e. The zero-order chi connectivity index (χ0) is 16.5. The Morgan fingerprint density at radius 1 is 0.917 bits per heavy atom. The maximum atomic E-state index is 5.25. The van der Waals surface area contributed by atoms with E-state index in [1.807, 2.05) is 12.5 Å². The van der Waals surface area contributed by atoms with Crippen molar-refractivity contribution in [2.75, 3.05) is 6.61 Å². The van der Waals surface area contributed by atoms with Gasteiger partial charge in [-0.1, -0.05) is 37.8 Å². The molecule has 0 N–H and O–H groups in total. The van der Waals surface area contributed by atoms with Gasteiger partial charge in [-0.2, -0.15) is 0 Å². The molecule has 0 aliphatic carbocycles. The average Bonchev–Trinajstić information content (AvgIpc) is 3.45. The molecule has 0 spiro atoms. The minimum atomic E-state index is 0.597. The fraction of sp³-hybridized carbons (Fsp3) is 0.714. The quantitative estimate of drug-likeness (QED) is 0.198. The van der Waals surface area contributed by atoms with E-state index in [1.54, 1.807) is 0 Å². The largest absolute Gasteiger partial charge is 0.463 e. The zero-order valence-electron chi connectivity index (χ0n) is 14.9. The van der Waals surface area contributed by atoms with Crippen LogP contribution in [0.4, 0.5) is 0 Å². The Bertz CT molecular complexity index is 460. The highest BCUT2D eigenvalue weighted by molar-refractivity contribution is 5.03. The highest BCUT2D eigenvalue weighted by Crippen LogP contribution is 2.28. The normalized spacial score (nSPS) is 21.8.